The maximum Gasteiger partial charge on any atom is 0.416 e. The van der Waals surface area contributed by atoms with Crippen molar-refractivity contribution < 1.29 is 26.0 Å². The number of nitrogens with one attached hydrogen (secondary N) is 2. The molecule has 0 aliphatic rings. The summed E-state index contributed by atoms with van der Waals surface area (Å²) in [5, 5.41) is 0. The molecule has 0 bridgehead atoms. The normalized spacial score (nSPS) is 12.4. The zero-order valence-corrected chi connectivity index (χ0v) is 16.6. The van der Waals surface area contributed by atoms with Crippen LogP contribution in [0.1, 0.15) is 11.1 Å². The number of aromatic amines is 1. The van der Waals surface area contributed by atoms with Gasteiger partial charge in [-0.2, -0.15) is 13.2 Å². The van der Waals surface area contributed by atoms with E-state index in [9.17, 15) is 26.0 Å². The summed E-state index contributed by atoms with van der Waals surface area (Å²) in [6, 6.07) is 15.4. The first-order valence-corrected chi connectivity index (χ1v) is 10.5. The number of nitrogens with zero attached hydrogens (tertiary/aromatic N) is 1. The maximum atomic E-state index is 13.5. The van der Waals surface area contributed by atoms with Gasteiger partial charge in [0.25, 0.3) is 0 Å². The van der Waals surface area contributed by atoms with Crippen LogP contribution in [0.4, 0.5) is 17.6 Å². The third-order valence-electron chi connectivity index (χ3n) is 4.56. The smallest absolute Gasteiger partial charge is 0.338 e. The Morgan fingerprint density at radius 3 is 2.42 bits per heavy atom. The summed E-state index contributed by atoms with van der Waals surface area (Å²) in [6.45, 7) is -0.501. The molecule has 0 saturated carbocycles. The van der Waals surface area contributed by atoms with E-state index in [1.54, 1.807) is 0 Å². The Bertz CT molecular complexity index is 1350. The second-order valence-electron chi connectivity index (χ2n) is 6.80. The molecular weight excluding hydrogens is 434 g/mol. The highest BCUT2D eigenvalue weighted by molar-refractivity contribution is 7.89. The van der Waals surface area contributed by atoms with Gasteiger partial charge in [0, 0.05) is 12.1 Å². The topological polar surface area (TPSA) is 74.8 Å². The Morgan fingerprint density at radius 1 is 0.968 bits per heavy atom. The van der Waals surface area contributed by atoms with Crippen LogP contribution in [0.3, 0.4) is 0 Å². The molecule has 0 aliphatic heterocycles. The molecule has 5 nitrogen and oxygen atoms in total. The molecule has 1 aromatic heterocycles. The highest BCUT2D eigenvalue weighted by atomic mass is 32.2. The van der Waals surface area contributed by atoms with Gasteiger partial charge in [0.2, 0.25) is 10.0 Å². The number of fused-ring (bicyclic) bond motifs is 1. The minimum absolute atomic E-state index is 0.101. The maximum absolute atomic E-state index is 13.5. The average Bonchev–Trinajstić information content (AvgIpc) is 3.15. The number of H-pyrrole nitrogens is 1. The third kappa shape index (κ3) is 4.59. The summed E-state index contributed by atoms with van der Waals surface area (Å²) in [5.41, 5.74) is 0.524. The summed E-state index contributed by atoms with van der Waals surface area (Å²) >= 11 is 0. The lowest BCUT2D eigenvalue weighted by molar-refractivity contribution is -0.137. The molecule has 2 N–H and O–H groups in total. The zero-order chi connectivity index (χ0) is 22.2. The van der Waals surface area contributed by atoms with Crippen LogP contribution >= 0.6 is 0 Å². The van der Waals surface area contributed by atoms with Crippen molar-refractivity contribution in [2.24, 2.45) is 0 Å². The summed E-state index contributed by atoms with van der Waals surface area (Å²) in [5.74, 6) is -0.533. The second-order valence-corrected chi connectivity index (χ2v) is 8.57. The van der Waals surface area contributed by atoms with Crippen LogP contribution in [0.15, 0.2) is 71.6 Å². The first kappa shape index (κ1) is 21.0. The summed E-state index contributed by atoms with van der Waals surface area (Å²) in [6.07, 6.45) is -4.74. The van der Waals surface area contributed by atoms with Crippen molar-refractivity contribution in [3.05, 3.63) is 83.7 Å². The molecule has 0 unspecified atom stereocenters. The van der Waals surface area contributed by atoms with E-state index in [0.29, 0.717) is 29.0 Å². The monoisotopic (exact) mass is 449 g/mol. The van der Waals surface area contributed by atoms with Gasteiger partial charge in [-0.1, -0.05) is 30.3 Å². The van der Waals surface area contributed by atoms with E-state index in [2.05, 4.69) is 14.7 Å². The molecule has 0 amide bonds. The molecule has 0 saturated heterocycles. The number of aromatic nitrogens is 2. The van der Waals surface area contributed by atoms with Crippen molar-refractivity contribution >= 4 is 21.1 Å². The quantitative estimate of drug-likeness (QED) is 0.427. The summed E-state index contributed by atoms with van der Waals surface area (Å²) in [4.78, 5) is 7.37. The number of sulfonamides is 1. The van der Waals surface area contributed by atoms with Crippen LogP contribution in [-0.2, 0) is 22.7 Å². The second kappa shape index (κ2) is 7.78. The van der Waals surface area contributed by atoms with Crippen LogP contribution in [0.5, 0.6) is 0 Å². The van der Waals surface area contributed by atoms with Crippen LogP contribution in [0, 0.1) is 5.82 Å². The SMILES string of the molecule is O=S(=O)(NCc1cc(F)cc(C(F)(F)F)c1)c1ccc2nc(-c3ccccc3)[nH]c2c1. The summed E-state index contributed by atoms with van der Waals surface area (Å²) < 4.78 is 79.5. The van der Waals surface area contributed by atoms with Crippen molar-refractivity contribution in [1.82, 2.24) is 14.7 Å². The van der Waals surface area contributed by atoms with Crippen molar-refractivity contribution in [2.75, 3.05) is 0 Å². The molecule has 3 aromatic carbocycles. The number of alkyl halides is 3. The number of halogens is 4. The van der Waals surface area contributed by atoms with Crippen LogP contribution in [0.25, 0.3) is 22.4 Å². The Labute approximate surface area is 174 Å². The standard InChI is InChI=1S/C21H15F4N3O2S/c22-16-9-13(8-15(10-16)21(23,24)25)12-26-31(29,30)17-6-7-18-19(11-17)28-20(27-18)14-4-2-1-3-5-14/h1-11,26H,12H2,(H,27,28). The van der Waals surface area contributed by atoms with Gasteiger partial charge in [-0.15, -0.1) is 0 Å². The Morgan fingerprint density at radius 2 is 1.71 bits per heavy atom. The molecule has 0 spiro atoms. The molecule has 160 valence electrons. The Hall–Kier alpha value is -3.24. The molecule has 0 fully saturated rings. The lowest BCUT2D eigenvalue weighted by Gasteiger charge is -2.11. The summed E-state index contributed by atoms with van der Waals surface area (Å²) in [7, 11) is -4.07. The largest absolute Gasteiger partial charge is 0.416 e. The van der Waals surface area contributed by atoms with Crippen LogP contribution < -0.4 is 4.72 Å². The van der Waals surface area contributed by atoms with Gasteiger partial charge in [-0.25, -0.2) is 22.5 Å². The Kier molecular flexibility index (Phi) is 5.28. The van der Waals surface area contributed by atoms with E-state index in [-0.39, 0.29) is 10.5 Å². The fourth-order valence-corrected chi connectivity index (χ4v) is 4.11. The lowest BCUT2D eigenvalue weighted by atomic mass is 10.1. The predicted octanol–water partition coefficient (Wildman–Crippen LogP) is 4.87. The van der Waals surface area contributed by atoms with Gasteiger partial charge in [0.1, 0.15) is 11.6 Å². The van der Waals surface area contributed by atoms with Gasteiger partial charge in [-0.05, 0) is 42.0 Å². The van der Waals surface area contributed by atoms with Crippen molar-refractivity contribution in [3.63, 3.8) is 0 Å². The van der Waals surface area contributed by atoms with E-state index in [1.165, 1.54) is 18.2 Å². The van der Waals surface area contributed by atoms with Crippen molar-refractivity contribution in [2.45, 2.75) is 17.6 Å². The van der Waals surface area contributed by atoms with Crippen LogP contribution in [0.2, 0.25) is 0 Å². The highest BCUT2D eigenvalue weighted by Gasteiger charge is 2.31. The predicted molar refractivity (Wildman–Crippen MR) is 107 cm³/mol. The zero-order valence-electron chi connectivity index (χ0n) is 15.7. The number of benzene rings is 3. The fraction of sp³-hybridized carbons (Fsp3) is 0.0952. The van der Waals surface area contributed by atoms with Gasteiger partial charge in [-0.3, -0.25) is 0 Å². The molecule has 1 heterocycles. The van der Waals surface area contributed by atoms with Gasteiger partial charge >= 0.3 is 6.18 Å². The molecule has 0 aliphatic carbocycles. The van der Waals surface area contributed by atoms with Gasteiger partial charge in [0.05, 0.1) is 21.5 Å². The number of imidazole rings is 1. The Balaban J connectivity index is 1.58. The van der Waals surface area contributed by atoms with Crippen molar-refractivity contribution in [1.29, 1.82) is 0 Å². The first-order valence-electron chi connectivity index (χ1n) is 9.03. The number of hydrogen-bond donors (Lipinski definition) is 2. The molecule has 4 rings (SSSR count). The van der Waals surface area contributed by atoms with E-state index in [1.807, 2.05) is 30.3 Å². The first-order chi connectivity index (χ1) is 14.6. The minimum Gasteiger partial charge on any atom is -0.338 e. The van der Waals surface area contributed by atoms with Crippen molar-refractivity contribution in [3.8, 4) is 11.4 Å². The molecule has 31 heavy (non-hydrogen) atoms. The van der Waals surface area contributed by atoms with E-state index in [0.717, 1.165) is 11.6 Å². The average molecular weight is 449 g/mol. The van der Waals surface area contributed by atoms with Gasteiger partial charge in [0.15, 0.2) is 0 Å². The van der Waals surface area contributed by atoms with E-state index < -0.39 is 34.1 Å². The third-order valence-corrected chi connectivity index (χ3v) is 5.96. The van der Waals surface area contributed by atoms with E-state index >= 15 is 0 Å². The lowest BCUT2D eigenvalue weighted by Crippen LogP contribution is -2.23. The highest BCUT2D eigenvalue weighted by Crippen LogP contribution is 2.30. The van der Waals surface area contributed by atoms with Crippen LogP contribution in [-0.4, -0.2) is 18.4 Å². The molecular formula is C21H15F4N3O2S. The molecule has 0 atom stereocenters. The fourth-order valence-electron chi connectivity index (χ4n) is 3.07. The van der Waals surface area contributed by atoms with Gasteiger partial charge < -0.3 is 4.98 Å². The molecule has 0 radical (unpaired) electrons. The molecule has 10 heteroatoms. The number of rotatable bonds is 5. The molecule has 4 aromatic rings. The minimum atomic E-state index is -4.74. The number of hydrogen-bond acceptors (Lipinski definition) is 3. The van der Waals surface area contributed by atoms with E-state index in [4.69, 9.17) is 0 Å².